The van der Waals surface area contributed by atoms with E-state index >= 15 is 0 Å². The van der Waals surface area contributed by atoms with Gasteiger partial charge in [0.1, 0.15) is 5.82 Å². The molecule has 1 aromatic carbocycles. The molecule has 0 bridgehead atoms. The van der Waals surface area contributed by atoms with Gasteiger partial charge in [0, 0.05) is 30.5 Å². The van der Waals surface area contributed by atoms with E-state index in [0.29, 0.717) is 6.54 Å². The lowest BCUT2D eigenvalue weighted by Gasteiger charge is -2.03. The maximum absolute atomic E-state index is 12.7. The van der Waals surface area contributed by atoms with Crippen LogP contribution in [0, 0.1) is 5.82 Å². The van der Waals surface area contributed by atoms with Crippen LogP contribution in [0.25, 0.3) is 0 Å². The second kappa shape index (κ2) is 5.48. The molecule has 17 heavy (non-hydrogen) atoms. The van der Waals surface area contributed by atoms with Gasteiger partial charge in [0.05, 0.1) is 6.20 Å². The molecule has 0 amide bonds. The summed E-state index contributed by atoms with van der Waals surface area (Å²) in [5.41, 5.74) is 2.04. The zero-order chi connectivity index (χ0) is 12.1. The van der Waals surface area contributed by atoms with Crippen molar-refractivity contribution < 1.29 is 4.39 Å². The van der Waals surface area contributed by atoms with Crippen molar-refractivity contribution in [2.75, 3.05) is 5.32 Å². The van der Waals surface area contributed by atoms with Gasteiger partial charge >= 0.3 is 0 Å². The van der Waals surface area contributed by atoms with Crippen LogP contribution in [0.1, 0.15) is 18.9 Å². The quantitative estimate of drug-likeness (QED) is 0.860. The summed E-state index contributed by atoms with van der Waals surface area (Å²) in [6.45, 7) is 3.77. The maximum atomic E-state index is 12.7. The largest absolute Gasteiger partial charge is 0.381 e. The molecule has 2 rings (SSSR count). The molecule has 1 N–H and O–H groups in total. The lowest BCUT2D eigenvalue weighted by molar-refractivity contribution is 0.602. The summed E-state index contributed by atoms with van der Waals surface area (Å²) < 4.78 is 14.6. The molecule has 0 saturated carbocycles. The molecule has 0 fully saturated rings. The Labute approximate surface area is 100 Å². The van der Waals surface area contributed by atoms with Crippen molar-refractivity contribution >= 4 is 5.69 Å². The number of benzene rings is 1. The first-order valence-electron chi connectivity index (χ1n) is 5.78. The summed E-state index contributed by atoms with van der Waals surface area (Å²) in [6, 6.07) is 6.35. The molecule has 1 aromatic heterocycles. The van der Waals surface area contributed by atoms with Gasteiger partial charge in [0.15, 0.2) is 0 Å². The van der Waals surface area contributed by atoms with E-state index in [9.17, 15) is 4.39 Å². The van der Waals surface area contributed by atoms with E-state index in [4.69, 9.17) is 0 Å². The van der Waals surface area contributed by atoms with Gasteiger partial charge in [-0.1, -0.05) is 6.92 Å². The Morgan fingerprint density at radius 1 is 1.29 bits per heavy atom. The number of aromatic nitrogens is 2. The third-order valence-electron chi connectivity index (χ3n) is 2.48. The lowest BCUT2D eigenvalue weighted by atomic mass is 10.3. The van der Waals surface area contributed by atoms with Gasteiger partial charge in [-0.3, -0.25) is 4.68 Å². The molecular weight excluding hydrogens is 217 g/mol. The number of nitrogens with one attached hydrogen (secondary N) is 1. The third kappa shape index (κ3) is 3.31. The van der Waals surface area contributed by atoms with Crippen molar-refractivity contribution in [2.45, 2.75) is 26.4 Å². The molecule has 2 aromatic rings. The van der Waals surface area contributed by atoms with Crippen molar-refractivity contribution in [3.05, 3.63) is 48.0 Å². The number of anilines is 1. The molecule has 0 aliphatic rings. The average Bonchev–Trinajstić information content (AvgIpc) is 2.77. The van der Waals surface area contributed by atoms with Crippen LogP contribution in [0.2, 0.25) is 0 Å². The molecule has 4 heteroatoms. The van der Waals surface area contributed by atoms with E-state index in [0.717, 1.165) is 24.2 Å². The van der Waals surface area contributed by atoms with Gasteiger partial charge in [-0.05, 0) is 30.7 Å². The van der Waals surface area contributed by atoms with Crippen molar-refractivity contribution in [1.82, 2.24) is 9.78 Å². The molecule has 0 radical (unpaired) electrons. The summed E-state index contributed by atoms with van der Waals surface area (Å²) in [4.78, 5) is 0. The summed E-state index contributed by atoms with van der Waals surface area (Å²) in [5.74, 6) is -0.216. The highest BCUT2D eigenvalue weighted by Gasteiger charge is 1.98. The van der Waals surface area contributed by atoms with Gasteiger partial charge < -0.3 is 5.32 Å². The highest BCUT2D eigenvalue weighted by molar-refractivity contribution is 5.43. The molecule has 0 unspecified atom stereocenters. The monoisotopic (exact) mass is 233 g/mol. The molecular formula is C13H16FN3. The highest BCUT2D eigenvalue weighted by Crippen LogP contribution is 2.10. The van der Waals surface area contributed by atoms with Crippen LogP contribution < -0.4 is 5.32 Å². The second-order valence-electron chi connectivity index (χ2n) is 3.97. The highest BCUT2D eigenvalue weighted by atomic mass is 19.1. The van der Waals surface area contributed by atoms with Crippen LogP contribution in [-0.4, -0.2) is 9.78 Å². The predicted molar refractivity (Wildman–Crippen MR) is 66.2 cm³/mol. The van der Waals surface area contributed by atoms with Gasteiger partial charge in [-0.15, -0.1) is 0 Å². The molecule has 90 valence electrons. The molecule has 1 heterocycles. The molecule has 0 aliphatic carbocycles. The van der Waals surface area contributed by atoms with Crippen LogP contribution in [0.4, 0.5) is 10.1 Å². The fraction of sp³-hybridized carbons (Fsp3) is 0.308. The molecule has 0 aliphatic heterocycles. The zero-order valence-electron chi connectivity index (χ0n) is 9.86. The number of nitrogens with zero attached hydrogens (tertiary/aromatic N) is 2. The van der Waals surface area contributed by atoms with Crippen LogP contribution in [0.3, 0.4) is 0 Å². The SMILES string of the molecule is CCCn1cc(CNc2ccc(F)cc2)cn1. The summed E-state index contributed by atoms with van der Waals surface area (Å²) in [7, 11) is 0. The van der Waals surface area contributed by atoms with Gasteiger partial charge in [-0.2, -0.15) is 5.10 Å². The Kier molecular flexibility index (Phi) is 3.75. The van der Waals surface area contributed by atoms with Crippen molar-refractivity contribution in [2.24, 2.45) is 0 Å². The maximum Gasteiger partial charge on any atom is 0.123 e. The number of aryl methyl sites for hydroxylation is 1. The van der Waals surface area contributed by atoms with Gasteiger partial charge in [0.2, 0.25) is 0 Å². The van der Waals surface area contributed by atoms with E-state index < -0.39 is 0 Å². The Morgan fingerprint density at radius 2 is 2.06 bits per heavy atom. The topological polar surface area (TPSA) is 29.9 Å². The van der Waals surface area contributed by atoms with Crippen LogP contribution in [0.15, 0.2) is 36.7 Å². The zero-order valence-corrected chi connectivity index (χ0v) is 9.86. The van der Waals surface area contributed by atoms with Gasteiger partial charge in [0.25, 0.3) is 0 Å². The minimum absolute atomic E-state index is 0.216. The number of hydrogen-bond acceptors (Lipinski definition) is 2. The van der Waals surface area contributed by atoms with Crippen LogP contribution >= 0.6 is 0 Å². The van der Waals surface area contributed by atoms with E-state index in [1.165, 1.54) is 12.1 Å². The van der Waals surface area contributed by atoms with E-state index in [-0.39, 0.29) is 5.82 Å². The van der Waals surface area contributed by atoms with Crippen molar-refractivity contribution in [1.29, 1.82) is 0 Å². The summed E-state index contributed by atoms with van der Waals surface area (Å²) in [6.07, 6.45) is 4.96. The molecule has 0 spiro atoms. The summed E-state index contributed by atoms with van der Waals surface area (Å²) in [5, 5.41) is 7.47. The predicted octanol–water partition coefficient (Wildman–Crippen LogP) is 3.04. The Bertz CT molecular complexity index is 462. The average molecular weight is 233 g/mol. The fourth-order valence-electron chi connectivity index (χ4n) is 1.62. The summed E-state index contributed by atoms with van der Waals surface area (Å²) >= 11 is 0. The third-order valence-corrected chi connectivity index (χ3v) is 2.48. The minimum atomic E-state index is -0.216. The van der Waals surface area contributed by atoms with E-state index in [2.05, 4.69) is 17.3 Å². The normalized spacial score (nSPS) is 10.5. The lowest BCUT2D eigenvalue weighted by Crippen LogP contribution is -1.99. The Balaban J connectivity index is 1.90. The second-order valence-corrected chi connectivity index (χ2v) is 3.97. The number of hydrogen-bond donors (Lipinski definition) is 1. The number of halogens is 1. The Morgan fingerprint density at radius 3 is 2.76 bits per heavy atom. The van der Waals surface area contributed by atoms with Crippen LogP contribution in [0.5, 0.6) is 0 Å². The van der Waals surface area contributed by atoms with Gasteiger partial charge in [-0.25, -0.2) is 4.39 Å². The fourth-order valence-corrected chi connectivity index (χ4v) is 1.62. The van der Waals surface area contributed by atoms with Crippen LogP contribution in [-0.2, 0) is 13.1 Å². The van der Waals surface area contributed by atoms with Crippen molar-refractivity contribution in [3.8, 4) is 0 Å². The molecule has 0 atom stereocenters. The van der Waals surface area contributed by atoms with E-state index in [1.54, 1.807) is 12.1 Å². The Hall–Kier alpha value is -1.84. The number of rotatable bonds is 5. The smallest absolute Gasteiger partial charge is 0.123 e. The first-order valence-corrected chi connectivity index (χ1v) is 5.78. The molecule has 3 nitrogen and oxygen atoms in total. The standard InChI is InChI=1S/C13H16FN3/c1-2-7-17-10-11(9-16-17)8-15-13-5-3-12(14)4-6-13/h3-6,9-10,15H,2,7-8H2,1H3. The first-order chi connectivity index (χ1) is 8.28. The minimum Gasteiger partial charge on any atom is -0.381 e. The van der Waals surface area contributed by atoms with Crippen molar-refractivity contribution in [3.63, 3.8) is 0 Å². The first kappa shape index (κ1) is 11.6. The van der Waals surface area contributed by atoms with E-state index in [1.807, 2.05) is 17.1 Å². The molecule has 0 saturated heterocycles.